The highest BCUT2D eigenvalue weighted by Gasteiger charge is 2.23. The van der Waals surface area contributed by atoms with Gasteiger partial charge < -0.3 is 15.2 Å². The van der Waals surface area contributed by atoms with Crippen LogP contribution in [-0.2, 0) is 22.5 Å². The van der Waals surface area contributed by atoms with Crippen molar-refractivity contribution in [3.63, 3.8) is 0 Å². The Labute approximate surface area is 103 Å². The maximum atomic E-state index is 13.0. The van der Waals surface area contributed by atoms with Gasteiger partial charge in [-0.25, -0.2) is 13.8 Å². The van der Waals surface area contributed by atoms with Gasteiger partial charge in [-0.05, 0) is 11.6 Å². The predicted octanol–water partition coefficient (Wildman–Crippen LogP) is 1.20. The van der Waals surface area contributed by atoms with E-state index < -0.39 is 18.0 Å². The van der Waals surface area contributed by atoms with Gasteiger partial charge in [0.25, 0.3) is 6.43 Å². The highest BCUT2D eigenvalue weighted by Crippen LogP contribution is 2.31. The van der Waals surface area contributed by atoms with Gasteiger partial charge in [-0.1, -0.05) is 0 Å². The molecule has 0 amide bonds. The summed E-state index contributed by atoms with van der Waals surface area (Å²) in [6.45, 7) is 0.0635. The molecule has 0 fully saturated rings. The minimum Gasteiger partial charge on any atom is -0.481 e. The summed E-state index contributed by atoms with van der Waals surface area (Å²) in [7, 11) is 2.42. The summed E-state index contributed by atoms with van der Waals surface area (Å²) in [4.78, 5) is 15.0. The first-order valence-corrected chi connectivity index (χ1v) is 5.15. The van der Waals surface area contributed by atoms with Crippen molar-refractivity contribution in [1.82, 2.24) is 4.98 Å². The van der Waals surface area contributed by atoms with Crippen LogP contribution in [0.5, 0.6) is 5.88 Å². The van der Waals surface area contributed by atoms with E-state index in [0.29, 0.717) is 5.69 Å². The van der Waals surface area contributed by atoms with Gasteiger partial charge in [-0.3, -0.25) is 4.79 Å². The summed E-state index contributed by atoms with van der Waals surface area (Å²) >= 11 is 0. The average Bonchev–Trinajstić information content (AvgIpc) is 2.36. The Morgan fingerprint density at radius 1 is 1.50 bits per heavy atom. The highest BCUT2D eigenvalue weighted by atomic mass is 19.3. The summed E-state index contributed by atoms with van der Waals surface area (Å²) in [6.07, 6.45) is -3.07. The van der Waals surface area contributed by atoms with Gasteiger partial charge in [0.2, 0.25) is 5.88 Å². The molecular weight excluding hydrogens is 246 g/mol. The lowest BCUT2D eigenvalue weighted by atomic mass is 10.1. The number of rotatable bonds is 5. The van der Waals surface area contributed by atoms with Crippen molar-refractivity contribution in [3.05, 3.63) is 22.9 Å². The summed E-state index contributed by atoms with van der Waals surface area (Å²) in [6, 6.07) is 1.36. The second-order valence-corrected chi connectivity index (χ2v) is 3.45. The zero-order valence-corrected chi connectivity index (χ0v) is 10.1. The van der Waals surface area contributed by atoms with Crippen molar-refractivity contribution < 1.29 is 23.0 Å². The molecule has 0 spiro atoms. The maximum Gasteiger partial charge on any atom is 0.309 e. The van der Waals surface area contributed by atoms with Crippen molar-refractivity contribution >= 4 is 5.97 Å². The van der Waals surface area contributed by atoms with Crippen molar-refractivity contribution in [2.75, 3.05) is 14.2 Å². The number of nitrogens with two attached hydrogens (primary N) is 1. The number of nitrogens with zero attached hydrogens (tertiary/aromatic N) is 1. The molecule has 5 nitrogen and oxygen atoms in total. The van der Waals surface area contributed by atoms with Gasteiger partial charge in [0.15, 0.2) is 0 Å². The fraction of sp³-hybridized carbons (Fsp3) is 0.455. The number of hydrogen-bond acceptors (Lipinski definition) is 5. The molecule has 1 aromatic rings. The Morgan fingerprint density at radius 3 is 2.61 bits per heavy atom. The first-order valence-electron chi connectivity index (χ1n) is 5.15. The number of hydrogen-bond donors (Lipinski definition) is 1. The molecule has 18 heavy (non-hydrogen) atoms. The number of methoxy groups -OCH3 is 2. The van der Waals surface area contributed by atoms with Crippen LogP contribution in [-0.4, -0.2) is 25.2 Å². The fourth-order valence-electron chi connectivity index (χ4n) is 1.51. The van der Waals surface area contributed by atoms with Gasteiger partial charge >= 0.3 is 5.97 Å². The normalized spacial score (nSPS) is 10.6. The molecule has 0 bridgehead atoms. The average molecular weight is 260 g/mol. The standard InChI is InChI=1S/C11H14F2N2O3/c1-17-8(16)4-6-3-7(5-14)15-11(18-2)9(6)10(12)13/h3,10H,4-5,14H2,1-2H3. The quantitative estimate of drug-likeness (QED) is 0.805. The molecule has 0 aliphatic rings. The number of esters is 1. The maximum absolute atomic E-state index is 13.0. The van der Waals surface area contributed by atoms with Gasteiger partial charge in [0.05, 0.1) is 31.9 Å². The third kappa shape index (κ3) is 3.13. The lowest BCUT2D eigenvalue weighted by molar-refractivity contribution is -0.139. The number of pyridine rings is 1. The monoisotopic (exact) mass is 260 g/mol. The Balaban J connectivity index is 3.29. The Kier molecular flexibility index (Phi) is 4.96. The molecule has 0 saturated carbocycles. The molecule has 0 saturated heterocycles. The Morgan fingerprint density at radius 2 is 2.17 bits per heavy atom. The van der Waals surface area contributed by atoms with E-state index in [1.54, 1.807) is 0 Å². The molecule has 0 unspecified atom stereocenters. The van der Waals surface area contributed by atoms with E-state index in [1.165, 1.54) is 20.3 Å². The highest BCUT2D eigenvalue weighted by molar-refractivity contribution is 5.73. The van der Waals surface area contributed by atoms with E-state index in [4.69, 9.17) is 10.5 Å². The van der Waals surface area contributed by atoms with Crippen LogP contribution in [0.15, 0.2) is 6.07 Å². The molecule has 1 heterocycles. The molecule has 0 aromatic carbocycles. The number of halogens is 2. The van der Waals surface area contributed by atoms with Crippen molar-refractivity contribution in [3.8, 4) is 5.88 Å². The van der Waals surface area contributed by atoms with Crippen LogP contribution in [0.25, 0.3) is 0 Å². The summed E-state index contributed by atoms with van der Waals surface area (Å²) in [5, 5.41) is 0. The summed E-state index contributed by atoms with van der Waals surface area (Å²) in [5.74, 6) is -0.833. The molecule has 100 valence electrons. The van der Waals surface area contributed by atoms with E-state index in [9.17, 15) is 13.6 Å². The predicted molar refractivity (Wildman–Crippen MR) is 59.4 cm³/mol. The molecule has 0 aliphatic carbocycles. The van der Waals surface area contributed by atoms with Crippen LogP contribution >= 0.6 is 0 Å². The van der Waals surface area contributed by atoms with Gasteiger partial charge in [-0.15, -0.1) is 0 Å². The van der Waals surface area contributed by atoms with Crippen molar-refractivity contribution in [2.24, 2.45) is 5.73 Å². The molecule has 0 radical (unpaired) electrons. The van der Waals surface area contributed by atoms with E-state index in [-0.39, 0.29) is 24.4 Å². The molecule has 2 N–H and O–H groups in total. The minimum atomic E-state index is -2.79. The number of carbonyl (C=O) groups excluding carboxylic acids is 1. The molecule has 1 rings (SSSR count). The number of aromatic nitrogens is 1. The lowest BCUT2D eigenvalue weighted by Crippen LogP contribution is -2.12. The number of carbonyl (C=O) groups is 1. The number of alkyl halides is 2. The van der Waals surface area contributed by atoms with E-state index in [1.807, 2.05) is 0 Å². The first-order chi connectivity index (χ1) is 8.53. The van der Waals surface area contributed by atoms with Gasteiger partial charge in [0, 0.05) is 6.54 Å². The molecular formula is C11H14F2N2O3. The molecule has 0 atom stereocenters. The summed E-state index contributed by atoms with van der Waals surface area (Å²) < 4.78 is 35.2. The van der Waals surface area contributed by atoms with Crippen molar-refractivity contribution in [1.29, 1.82) is 0 Å². The van der Waals surface area contributed by atoms with E-state index >= 15 is 0 Å². The zero-order chi connectivity index (χ0) is 13.7. The second kappa shape index (κ2) is 6.25. The van der Waals surface area contributed by atoms with Crippen LogP contribution in [0.1, 0.15) is 23.2 Å². The van der Waals surface area contributed by atoms with Crippen LogP contribution < -0.4 is 10.5 Å². The van der Waals surface area contributed by atoms with Crippen molar-refractivity contribution in [2.45, 2.75) is 19.4 Å². The molecule has 1 aromatic heterocycles. The van der Waals surface area contributed by atoms with Gasteiger partial charge in [-0.2, -0.15) is 0 Å². The zero-order valence-electron chi connectivity index (χ0n) is 10.1. The first kappa shape index (κ1) is 14.3. The lowest BCUT2D eigenvalue weighted by Gasteiger charge is -2.13. The third-order valence-corrected chi connectivity index (χ3v) is 2.35. The van der Waals surface area contributed by atoms with Gasteiger partial charge in [0.1, 0.15) is 0 Å². The number of ether oxygens (including phenoxy) is 2. The van der Waals surface area contributed by atoms with Crippen LogP contribution in [0.4, 0.5) is 8.78 Å². The topological polar surface area (TPSA) is 74.4 Å². The smallest absolute Gasteiger partial charge is 0.309 e. The molecule has 0 aliphatic heterocycles. The Hall–Kier alpha value is -1.76. The van der Waals surface area contributed by atoms with E-state index in [2.05, 4.69) is 9.72 Å². The Bertz CT molecular complexity index is 439. The largest absolute Gasteiger partial charge is 0.481 e. The van der Waals surface area contributed by atoms with Crippen LogP contribution in [0, 0.1) is 0 Å². The second-order valence-electron chi connectivity index (χ2n) is 3.45. The van der Waals surface area contributed by atoms with Crippen LogP contribution in [0.2, 0.25) is 0 Å². The SMILES string of the molecule is COC(=O)Cc1cc(CN)nc(OC)c1C(F)F. The summed E-state index contributed by atoms with van der Waals surface area (Å²) in [5.41, 5.74) is 5.49. The fourth-order valence-corrected chi connectivity index (χ4v) is 1.51. The molecule has 7 heteroatoms. The van der Waals surface area contributed by atoms with Crippen LogP contribution in [0.3, 0.4) is 0 Å². The minimum absolute atomic E-state index is 0.0635. The third-order valence-electron chi connectivity index (χ3n) is 2.35. The van der Waals surface area contributed by atoms with E-state index in [0.717, 1.165) is 0 Å².